The van der Waals surface area contributed by atoms with Gasteiger partial charge in [0.25, 0.3) is 0 Å². The molecule has 1 aliphatic rings. The minimum Gasteiger partial charge on any atom is -0.496 e. The molecule has 0 unspecified atom stereocenters. The van der Waals surface area contributed by atoms with Gasteiger partial charge in [-0.15, -0.1) is 0 Å². The summed E-state index contributed by atoms with van der Waals surface area (Å²) in [4.78, 5) is 0. The van der Waals surface area contributed by atoms with Crippen molar-refractivity contribution in [3.63, 3.8) is 0 Å². The van der Waals surface area contributed by atoms with E-state index in [4.69, 9.17) is 9.47 Å². The monoisotopic (exact) mass is 250 g/mol. The smallest absolute Gasteiger partial charge is 0.133 e. The van der Waals surface area contributed by atoms with E-state index in [0.717, 1.165) is 17.7 Å². The molecule has 3 aromatic rings. The lowest BCUT2D eigenvalue weighted by molar-refractivity contribution is 0.388. The van der Waals surface area contributed by atoms with Gasteiger partial charge in [-0.3, -0.25) is 0 Å². The normalized spacial score (nSPS) is 17.8. The van der Waals surface area contributed by atoms with E-state index in [1.807, 2.05) is 0 Å². The van der Waals surface area contributed by atoms with Crippen molar-refractivity contribution >= 4 is 21.5 Å². The van der Waals surface area contributed by atoms with Crippen molar-refractivity contribution in [2.75, 3.05) is 13.7 Å². The molecule has 0 amide bonds. The van der Waals surface area contributed by atoms with Crippen molar-refractivity contribution in [1.82, 2.24) is 0 Å². The van der Waals surface area contributed by atoms with Crippen molar-refractivity contribution in [3.05, 3.63) is 54.1 Å². The quantitative estimate of drug-likeness (QED) is 0.505. The second-order valence-electron chi connectivity index (χ2n) is 4.86. The summed E-state index contributed by atoms with van der Waals surface area (Å²) in [6.45, 7) is 0.790. The van der Waals surface area contributed by atoms with Gasteiger partial charge < -0.3 is 9.47 Å². The molecule has 0 spiro atoms. The highest BCUT2D eigenvalue weighted by molar-refractivity contribution is 6.12. The fourth-order valence-electron chi connectivity index (χ4n) is 2.89. The van der Waals surface area contributed by atoms with Crippen LogP contribution in [-0.4, -0.2) is 13.7 Å². The first-order valence-electron chi connectivity index (χ1n) is 6.49. The summed E-state index contributed by atoms with van der Waals surface area (Å²) in [5, 5.41) is 4.90. The lowest BCUT2D eigenvalue weighted by Gasteiger charge is -2.14. The zero-order chi connectivity index (χ0) is 12.8. The van der Waals surface area contributed by atoms with E-state index in [-0.39, 0.29) is 6.10 Å². The van der Waals surface area contributed by atoms with Crippen LogP contribution in [-0.2, 0) is 4.74 Å². The Balaban J connectivity index is 2.26. The Morgan fingerprint density at radius 1 is 0.895 bits per heavy atom. The van der Waals surface area contributed by atoms with Crippen LogP contribution in [0.25, 0.3) is 21.5 Å². The van der Waals surface area contributed by atoms with Crippen molar-refractivity contribution < 1.29 is 9.47 Å². The molecule has 3 aromatic carbocycles. The molecule has 0 aliphatic carbocycles. The summed E-state index contributed by atoms with van der Waals surface area (Å²) in [6.07, 6.45) is 0.185. The van der Waals surface area contributed by atoms with E-state index < -0.39 is 0 Å². The lowest BCUT2D eigenvalue weighted by atomic mass is 9.94. The SMILES string of the molecule is COc1c([C@@H]2CO2)c2ccccc2c2ccccc12. The Bertz CT molecular complexity index is 773. The molecule has 0 aromatic heterocycles. The summed E-state index contributed by atoms with van der Waals surface area (Å²) >= 11 is 0. The van der Waals surface area contributed by atoms with Gasteiger partial charge in [0.2, 0.25) is 0 Å². The van der Waals surface area contributed by atoms with Gasteiger partial charge in [0.05, 0.1) is 13.7 Å². The van der Waals surface area contributed by atoms with E-state index >= 15 is 0 Å². The number of methoxy groups -OCH3 is 1. The molecular weight excluding hydrogens is 236 g/mol. The highest BCUT2D eigenvalue weighted by Gasteiger charge is 2.31. The Kier molecular flexibility index (Phi) is 2.26. The van der Waals surface area contributed by atoms with Crippen LogP contribution in [0.2, 0.25) is 0 Å². The fourth-order valence-corrected chi connectivity index (χ4v) is 2.89. The third kappa shape index (κ3) is 1.53. The molecule has 2 nitrogen and oxygen atoms in total. The van der Waals surface area contributed by atoms with E-state index in [2.05, 4.69) is 48.5 Å². The van der Waals surface area contributed by atoms with Crippen LogP contribution in [0.3, 0.4) is 0 Å². The maximum absolute atomic E-state index is 5.69. The largest absolute Gasteiger partial charge is 0.496 e. The Labute approximate surface area is 111 Å². The summed E-state index contributed by atoms with van der Waals surface area (Å²) in [7, 11) is 1.74. The third-order valence-corrected chi connectivity index (χ3v) is 3.78. The van der Waals surface area contributed by atoms with Crippen molar-refractivity contribution in [2.24, 2.45) is 0 Å². The number of hydrogen-bond donors (Lipinski definition) is 0. The minimum atomic E-state index is 0.185. The molecule has 0 radical (unpaired) electrons. The number of ether oxygens (including phenoxy) is 2. The first kappa shape index (κ1) is 10.8. The summed E-state index contributed by atoms with van der Waals surface area (Å²) < 4.78 is 11.2. The van der Waals surface area contributed by atoms with Crippen LogP contribution in [0.1, 0.15) is 11.7 Å². The molecule has 1 saturated heterocycles. The van der Waals surface area contributed by atoms with Gasteiger partial charge in [-0.2, -0.15) is 0 Å². The summed E-state index contributed by atoms with van der Waals surface area (Å²) in [5.74, 6) is 0.955. The fraction of sp³-hybridized carbons (Fsp3) is 0.176. The highest BCUT2D eigenvalue weighted by atomic mass is 16.6. The topological polar surface area (TPSA) is 21.8 Å². The number of epoxide rings is 1. The average molecular weight is 250 g/mol. The number of hydrogen-bond acceptors (Lipinski definition) is 2. The Hall–Kier alpha value is -2.06. The predicted molar refractivity (Wildman–Crippen MR) is 76.7 cm³/mol. The number of benzene rings is 3. The number of rotatable bonds is 2. The Morgan fingerprint density at radius 2 is 1.42 bits per heavy atom. The van der Waals surface area contributed by atoms with Gasteiger partial charge in [0.1, 0.15) is 11.9 Å². The molecule has 19 heavy (non-hydrogen) atoms. The van der Waals surface area contributed by atoms with Gasteiger partial charge in [-0.05, 0) is 16.2 Å². The van der Waals surface area contributed by atoms with Crippen LogP contribution < -0.4 is 4.74 Å². The molecule has 2 heteroatoms. The zero-order valence-electron chi connectivity index (χ0n) is 10.7. The standard InChI is InChI=1S/C17H14O2/c1-18-17-14-9-5-3-7-12(14)11-6-2-4-8-13(11)16(17)15-10-19-15/h2-9,15H,10H2,1H3/t15-/m0/s1. The second-order valence-corrected chi connectivity index (χ2v) is 4.86. The molecule has 0 bridgehead atoms. The van der Waals surface area contributed by atoms with Crippen molar-refractivity contribution in [2.45, 2.75) is 6.10 Å². The van der Waals surface area contributed by atoms with Gasteiger partial charge >= 0.3 is 0 Å². The van der Waals surface area contributed by atoms with E-state index in [9.17, 15) is 0 Å². The molecule has 1 atom stereocenters. The lowest BCUT2D eigenvalue weighted by Crippen LogP contribution is -1.95. The second kappa shape index (κ2) is 3.97. The first-order valence-corrected chi connectivity index (χ1v) is 6.49. The van der Waals surface area contributed by atoms with Gasteiger partial charge in [-0.1, -0.05) is 48.5 Å². The van der Waals surface area contributed by atoms with Crippen LogP contribution >= 0.6 is 0 Å². The minimum absolute atomic E-state index is 0.185. The molecule has 1 fully saturated rings. The van der Waals surface area contributed by atoms with Crippen LogP contribution in [0.5, 0.6) is 5.75 Å². The van der Waals surface area contributed by atoms with Crippen molar-refractivity contribution in [3.8, 4) is 5.75 Å². The van der Waals surface area contributed by atoms with Crippen LogP contribution in [0, 0.1) is 0 Å². The number of fused-ring (bicyclic) bond motifs is 3. The molecule has 0 N–H and O–H groups in total. The maximum atomic E-state index is 5.69. The van der Waals surface area contributed by atoms with Gasteiger partial charge in [-0.25, -0.2) is 0 Å². The maximum Gasteiger partial charge on any atom is 0.133 e. The van der Waals surface area contributed by atoms with E-state index in [1.54, 1.807) is 7.11 Å². The van der Waals surface area contributed by atoms with Gasteiger partial charge in [0.15, 0.2) is 0 Å². The van der Waals surface area contributed by atoms with Crippen LogP contribution in [0.4, 0.5) is 0 Å². The zero-order valence-corrected chi connectivity index (χ0v) is 10.7. The first-order chi connectivity index (χ1) is 9.40. The summed E-state index contributed by atoms with van der Waals surface area (Å²) in [5.41, 5.74) is 1.19. The summed E-state index contributed by atoms with van der Waals surface area (Å²) in [6, 6.07) is 16.9. The average Bonchev–Trinajstić information content (AvgIpc) is 3.30. The molecule has 0 saturated carbocycles. The third-order valence-electron chi connectivity index (χ3n) is 3.78. The van der Waals surface area contributed by atoms with Crippen molar-refractivity contribution in [1.29, 1.82) is 0 Å². The molecule has 94 valence electrons. The van der Waals surface area contributed by atoms with E-state index in [0.29, 0.717) is 0 Å². The molecular formula is C17H14O2. The molecule has 4 rings (SSSR count). The molecule has 1 aliphatic heterocycles. The highest BCUT2D eigenvalue weighted by Crippen LogP contribution is 2.45. The van der Waals surface area contributed by atoms with Gasteiger partial charge in [0, 0.05) is 10.9 Å². The molecule has 1 heterocycles. The predicted octanol–water partition coefficient (Wildman–Crippen LogP) is 4.07. The Morgan fingerprint density at radius 3 is 2.00 bits per heavy atom. The van der Waals surface area contributed by atoms with Crippen LogP contribution in [0.15, 0.2) is 48.5 Å². The van der Waals surface area contributed by atoms with E-state index in [1.165, 1.54) is 21.7 Å².